The summed E-state index contributed by atoms with van der Waals surface area (Å²) in [5.41, 5.74) is 3.21. The fourth-order valence-corrected chi connectivity index (χ4v) is 3.96. The van der Waals surface area contributed by atoms with Gasteiger partial charge in [-0.15, -0.1) is 0 Å². The van der Waals surface area contributed by atoms with Gasteiger partial charge in [0.2, 0.25) is 5.91 Å². The van der Waals surface area contributed by atoms with Crippen molar-refractivity contribution in [3.8, 4) is 0 Å². The molecule has 8 heteroatoms. The maximum Gasteiger partial charge on any atom is 0.276 e. The minimum Gasteiger partial charge on any atom is -0.318 e. The molecule has 2 aromatic heterocycles. The highest BCUT2D eigenvalue weighted by Gasteiger charge is 2.23. The molecule has 31 heavy (non-hydrogen) atoms. The highest BCUT2D eigenvalue weighted by atomic mass is 16.2. The molecule has 2 heterocycles. The number of rotatable bonds is 6. The van der Waals surface area contributed by atoms with Crippen LogP contribution in [0.25, 0.3) is 0 Å². The van der Waals surface area contributed by atoms with E-state index in [1.165, 1.54) is 22.2 Å². The topological polar surface area (TPSA) is 93.8 Å². The van der Waals surface area contributed by atoms with Crippen LogP contribution in [0.2, 0.25) is 0 Å². The number of carbonyl (C=O) groups excluding carboxylic acids is 2. The zero-order valence-corrected chi connectivity index (χ0v) is 18.0. The van der Waals surface area contributed by atoms with Gasteiger partial charge in [0.1, 0.15) is 5.82 Å². The minimum absolute atomic E-state index is 0.00661. The normalized spacial score (nSPS) is 14.4. The van der Waals surface area contributed by atoms with Gasteiger partial charge < -0.3 is 10.6 Å². The second-order valence-electron chi connectivity index (χ2n) is 8.17. The third-order valence-corrected chi connectivity index (χ3v) is 5.82. The summed E-state index contributed by atoms with van der Waals surface area (Å²) in [7, 11) is 1.72. The molecule has 2 N–H and O–H groups in total. The number of amides is 2. The predicted octanol–water partition coefficient (Wildman–Crippen LogP) is 3.74. The second-order valence-corrected chi connectivity index (χ2v) is 8.17. The molecular weight excluding hydrogens is 392 g/mol. The van der Waals surface area contributed by atoms with Crippen LogP contribution in [0, 0.1) is 12.8 Å². The number of nitrogens with zero attached hydrogens (tertiary/aromatic N) is 4. The average molecular weight is 421 g/mol. The summed E-state index contributed by atoms with van der Waals surface area (Å²) in [6.45, 7) is 2.69. The lowest BCUT2D eigenvalue weighted by Crippen LogP contribution is -2.25. The second kappa shape index (κ2) is 9.16. The molecule has 1 fully saturated rings. The molecule has 162 valence electrons. The first-order valence-electron chi connectivity index (χ1n) is 10.7. The van der Waals surface area contributed by atoms with E-state index in [9.17, 15) is 9.59 Å². The number of aryl methyl sites for hydroxylation is 2. The van der Waals surface area contributed by atoms with Crippen molar-refractivity contribution in [1.82, 2.24) is 19.6 Å². The van der Waals surface area contributed by atoms with E-state index in [1.54, 1.807) is 30.2 Å². The number of carbonyl (C=O) groups is 2. The molecule has 4 rings (SSSR count). The Morgan fingerprint density at radius 3 is 2.68 bits per heavy atom. The third-order valence-electron chi connectivity index (χ3n) is 5.82. The average Bonchev–Trinajstić information content (AvgIpc) is 3.36. The standard InChI is InChI=1S/C23H28N6O2/c1-16-8-6-7-11-18(16)14-29-15-19(13-24-29)25-23(31)20-12-21(28(2)27-20)26-22(30)17-9-4-3-5-10-17/h6-8,11-13,15,17H,3-5,9-10,14H2,1-2H3,(H,25,31)(H,26,30). The van der Waals surface area contributed by atoms with Crippen LogP contribution >= 0.6 is 0 Å². The molecule has 1 aliphatic rings. The Balaban J connectivity index is 1.38. The minimum atomic E-state index is -0.343. The van der Waals surface area contributed by atoms with E-state index in [1.807, 2.05) is 12.1 Å². The lowest BCUT2D eigenvalue weighted by Gasteiger charge is -2.20. The van der Waals surface area contributed by atoms with Crippen LogP contribution in [0.3, 0.4) is 0 Å². The Labute approximate surface area is 181 Å². The SMILES string of the molecule is Cc1ccccc1Cn1cc(NC(=O)c2cc(NC(=O)C3CCCCC3)n(C)n2)cn1. The van der Waals surface area contributed by atoms with Gasteiger partial charge in [-0.3, -0.25) is 19.0 Å². The van der Waals surface area contributed by atoms with Crippen LogP contribution < -0.4 is 10.6 Å². The Bertz CT molecular complexity index is 1080. The van der Waals surface area contributed by atoms with Gasteiger partial charge in [-0.05, 0) is 30.9 Å². The maximum atomic E-state index is 12.7. The number of benzene rings is 1. The van der Waals surface area contributed by atoms with Crippen molar-refractivity contribution in [3.63, 3.8) is 0 Å². The summed E-state index contributed by atoms with van der Waals surface area (Å²) in [5, 5.41) is 14.3. The zero-order chi connectivity index (χ0) is 21.8. The van der Waals surface area contributed by atoms with Crippen LogP contribution in [0.5, 0.6) is 0 Å². The molecule has 2 amide bonds. The Hall–Kier alpha value is -3.42. The van der Waals surface area contributed by atoms with Crippen molar-refractivity contribution in [2.75, 3.05) is 10.6 Å². The van der Waals surface area contributed by atoms with E-state index in [0.717, 1.165) is 25.7 Å². The van der Waals surface area contributed by atoms with Crippen molar-refractivity contribution in [2.45, 2.75) is 45.6 Å². The van der Waals surface area contributed by atoms with E-state index >= 15 is 0 Å². The van der Waals surface area contributed by atoms with Gasteiger partial charge >= 0.3 is 0 Å². The van der Waals surface area contributed by atoms with Gasteiger partial charge in [-0.2, -0.15) is 10.2 Å². The van der Waals surface area contributed by atoms with Gasteiger partial charge in [0.15, 0.2) is 5.69 Å². The number of hydrogen-bond acceptors (Lipinski definition) is 4. The van der Waals surface area contributed by atoms with E-state index in [2.05, 4.69) is 39.9 Å². The Morgan fingerprint density at radius 1 is 1.13 bits per heavy atom. The molecule has 0 saturated heterocycles. The van der Waals surface area contributed by atoms with Crippen molar-refractivity contribution in [3.05, 3.63) is 59.5 Å². The first-order valence-corrected chi connectivity index (χ1v) is 10.7. The monoisotopic (exact) mass is 420 g/mol. The molecule has 0 unspecified atom stereocenters. The third kappa shape index (κ3) is 5.02. The molecular formula is C23H28N6O2. The van der Waals surface area contributed by atoms with E-state index in [4.69, 9.17) is 0 Å². The first-order chi connectivity index (χ1) is 15.0. The Morgan fingerprint density at radius 2 is 1.90 bits per heavy atom. The predicted molar refractivity (Wildman–Crippen MR) is 119 cm³/mol. The fourth-order valence-electron chi connectivity index (χ4n) is 3.96. The van der Waals surface area contributed by atoms with Crippen molar-refractivity contribution >= 4 is 23.3 Å². The van der Waals surface area contributed by atoms with Gasteiger partial charge in [-0.1, -0.05) is 43.5 Å². The molecule has 1 saturated carbocycles. The summed E-state index contributed by atoms with van der Waals surface area (Å²) in [4.78, 5) is 25.2. The van der Waals surface area contributed by atoms with Gasteiger partial charge in [0, 0.05) is 25.2 Å². The first kappa shape index (κ1) is 20.8. The molecule has 3 aromatic rings. The van der Waals surface area contributed by atoms with Crippen LogP contribution in [0.1, 0.15) is 53.7 Å². The van der Waals surface area contributed by atoms with Crippen LogP contribution in [0.15, 0.2) is 42.7 Å². The van der Waals surface area contributed by atoms with Gasteiger partial charge in [0.05, 0.1) is 18.4 Å². The van der Waals surface area contributed by atoms with E-state index < -0.39 is 0 Å². The number of aromatic nitrogens is 4. The molecule has 0 atom stereocenters. The highest BCUT2D eigenvalue weighted by molar-refractivity contribution is 6.03. The summed E-state index contributed by atoms with van der Waals surface area (Å²) in [5.74, 6) is 0.229. The lowest BCUT2D eigenvalue weighted by atomic mass is 9.89. The van der Waals surface area contributed by atoms with Crippen molar-refractivity contribution in [2.24, 2.45) is 13.0 Å². The summed E-state index contributed by atoms with van der Waals surface area (Å²) < 4.78 is 3.31. The number of hydrogen-bond donors (Lipinski definition) is 2. The van der Waals surface area contributed by atoms with Crippen LogP contribution in [-0.4, -0.2) is 31.4 Å². The highest BCUT2D eigenvalue weighted by Crippen LogP contribution is 2.25. The molecule has 0 aliphatic heterocycles. The summed E-state index contributed by atoms with van der Waals surface area (Å²) in [6.07, 6.45) is 8.63. The maximum absolute atomic E-state index is 12.7. The zero-order valence-electron chi connectivity index (χ0n) is 18.0. The van der Waals surface area contributed by atoms with Crippen molar-refractivity contribution in [1.29, 1.82) is 0 Å². The number of nitrogens with one attached hydrogen (secondary N) is 2. The van der Waals surface area contributed by atoms with Crippen molar-refractivity contribution < 1.29 is 9.59 Å². The van der Waals surface area contributed by atoms with Crippen LogP contribution in [-0.2, 0) is 18.4 Å². The fraction of sp³-hybridized carbons (Fsp3) is 0.391. The largest absolute Gasteiger partial charge is 0.318 e. The van der Waals surface area contributed by atoms with E-state index in [0.29, 0.717) is 18.1 Å². The summed E-state index contributed by atoms with van der Waals surface area (Å²) in [6, 6.07) is 9.74. The molecule has 0 radical (unpaired) electrons. The summed E-state index contributed by atoms with van der Waals surface area (Å²) >= 11 is 0. The molecule has 1 aliphatic carbocycles. The van der Waals surface area contributed by atoms with Crippen LogP contribution in [0.4, 0.5) is 11.5 Å². The molecule has 8 nitrogen and oxygen atoms in total. The Kier molecular flexibility index (Phi) is 6.16. The molecule has 0 spiro atoms. The van der Waals surface area contributed by atoms with Gasteiger partial charge in [-0.25, -0.2) is 0 Å². The molecule has 0 bridgehead atoms. The molecule has 1 aromatic carbocycles. The lowest BCUT2D eigenvalue weighted by molar-refractivity contribution is -0.120. The smallest absolute Gasteiger partial charge is 0.276 e. The van der Waals surface area contributed by atoms with E-state index in [-0.39, 0.29) is 23.4 Å². The van der Waals surface area contributed by atoms with Gasteiger partial charge in [0.25, 0.3) is 5.91 Å². The quantitative estimate of drug-likeness (QED) is 0.635. The number of anilines is 2.